The topological polar surface area (TPSA) is 101 Å². The van der Waals surface area contributed by atoms with Crippen LogP contribution in [0.2, 0.25) is 5.02 Å². The minimum Gasteiger partial charge on any atom is -0.419 e. The van der Waals surface area contributed by atoms with Crippen molar-refractivity contribution in [3.8, 4) is 0 Å². The minimum atomic E-state index is -1.06. The lowest BCUT2D eigenvalue weighted by Gasteiger charge is -2.30. The van der Waals surface area contributed by atoms with Crippen LogP contribution in [0.25, 0.3) is 0 Å². The largest absolute Gasteiger partial charge is 0.419 e. The summed E-state index contributed by atoms with van der Waals surface area (Å²) in [6.45, 7) is 6.63. The van der Waals surface area contributed by atoms with Gasteiger partial charge in [0.25, 0.3) is 5.91 Å². The quantitative estimate of drug-likeness (QED) is 0.663. The molecule has 0 radical (unpaired) electrons. The van der Waals surface area contributed by atoms with E-state index in [0.717, 1.165) is 19.6 Å². The number of halogens is 1. The Labute approximate surface area is 184 Å². The number of morpholine rings is 1. The maximum atomic E-state index is 13.0. The van der Waals surface area contributed by atoms with Crippen LogP contribution in [0, 0.1) is 0 Å². The van der Waals surface area contributed by atoms with Gasteiger partial charge in [0.15, 0.2) is 5.69 Å². The molecule has 164 valence electrons. The zero-order valence-electron chi connectivity index (χ0n) is 17.1. The van der Waals surface area contributed by atoms with E-state index in [9.17, 15) is 9.59 Å². The van der Waals surface area contributed by atoms with Gasteiger partial charge >= 0.3 is 6.09 Å². The first kappa shape index (κ1) is 21.4. The van der Waals surface area contributed by atoms with Gasteiger partial charge in [-0.25, -0.2) is 19.7 Å². The van der Waals surface area contributed by atoms with Crippen LogP contribution < -0.4 is 4.90 Å². The molecule has 0 bridgehead atoms. The summed E-state index contributed by atoms with van der Waals surface area (Å²) in [7, 11) is 0. The molecule has 1 atom stereocenters. The van der Waals surface area contributed by atoms with Gasteiger partial charge in [0, 0.05) is 51.3 Å². The number of anilines is 1. The summed E-state index contributed by atoms with van der Waals surface area (Å²) in [5, 5.41) is 0.429. The Morgan fingerprint density at radius 1 is 1.26 bits per heavy atom. The molecule has 0 aromatic carbocycles. The van der Waals surface area contributed by atoms with Gasteiger partial charge in [0.1, 0.15) is 11.5 Å². The van der Waals surface area contributed by atoms with Crippen molar-refractivity contribution in [3.63, 3.8) is 0 Å². The van der Waals surface area contributed by atoms with E-state index in [2.05, 4.69) is 19.9 Å². The molecule has 10 nitrogen and oxygen atoms in total. The molecule has 1 fully saturated rings. The predicted molar refractivity (Wildman–Crippen MR) is 112 cm³/mol. The number of carbonyl (C=O) groups is 2. The molecule has 4 rings (SSSR count). The Kier molecular flexibility index (Phi) is 6.59. The molecular weight excluding hydrogens is 424 g/mol. The minimum absolute atomic E-state index is 0.133. The number of aromatic nitrogens is 3. The smallest absolute Gasteiger partial charge is 0.412 e. The highest BCUT2D eigenvalue weighted by atomic mass is 35.5. The summed E-state index contributed by atoms with van der Waals surface area (Å²) < 4.78 is 11.1. The van der Waals surface area contributed by atoms with Gasteiger partial charge in [0.05, 0.1) is 18.2 Å². The van der Waals surface area contributed by atoms with Crippen LogP contribution in [0.1, 0.15) is 29.3 Å². The van der Waals surface area contributed by atoms with Crippen LogP contribution in [0.4, 0.5) is 10.6 Å². The highest BCUT2D eigenvalue weighted by Crippen LogP contribution is 2.35. The molecule has 0 unspecified atom stereocenters. The molecule has 2 aromatic rings. The molecule has 0 spiro atoms. The first-order chi connectivity index (χ1) is 15.1. The number of nitrogens with zero attached hydrogens (tertiary/aromatic N) is 6. The molecule has 31 heavy (non-hydrogen) atoms. The van der Waals surface area contributed by atoms with Crippen molar-refractivity contribution >= 4 is 29.4 Å². The van der Waals surface area contributed by atoms with Gasteiger partial charge in [-0.3, -0.25) is 14.7 Å². The number of ether oxygens (including phenoxy) is 2. The van der Waals surface area contributed by atoms with Crippen molar-refractivity contribution in [2.24, 2.45) is 0 Å². The van der Waals surface area contributed by atoms with Crippen LogP contribution in [0.15, 0.2) is 30.7 Å². The highest BCUT2D eigenvalue weighted by Gasteiger charge is 2.44. The standard InChI is InChI=1S/C20H23ClN6O4/c1-2-26(8-7-25-9-11-30-12-10-25)20(29)31-19-17-16(22-5-6-23-17)18(28)27(19)15-4-3-14(21)13-24-15/h3-6,13,19H,2,7-12H2,1H3/t19-/m0/s1. The fourth-order valence-electron chi connectivity index (χ4n) is 3.52. The van der Waals surface area contributed by atoms with Gasteiger partial charge in [-0.05, 0) is 19.1 Å². The van der Waals surface area contributed by atoms with Gasteiger partial charge in [0.2, 0.25) is 6.23 Å². The maximum absolute atomic E-state index is 13.0. The van der Waals surface area contributed by atoms with Crippen molar-refractivity contribution < 1.29 is 19.1 Å². The highest BCUT2D eigenvalue weighted by molar-refractivity contribution is 6.30. The third kappa shape index (κ3) is 4.60. The lowest BCUT2D eigenvalue weighted by Crippen LogP contribution is -2.44. The number of pyridine rings is 1. The molecule has 2 aromatic heterocycles. The van der Waals surface area contributed by atoms with Crippen LogP contribution in [0.5, 0.6) is 0 Å². The summed E-state index contributed by atoms with van der Waals surface area (Å²) in [5.74, 6) is -0.143. The summed E-state index contributed by atoms with van der Waals surface area (Å²) in [6, 6.07) is 3.20. The van der Waals surface area contributed by atoms with E-state index in [0.29, 0.717) is 37.1 Å². The molecule has 11 heteroatoms. The van der Waals surface area contributed by atoms with Crippen molar-refractivity contribution in [2.45, 2.75) is 13.2 Å². The average molecular weight is 447 g/mol. The van der Waals surface area contributed by atoms with E-state index in [1.165, 1.54) is 23.5 Å². The Morgan fingerprint density at radius 2 is 2.03 bits per heavy atom. The second-order valence-electron chi connectivity index (χ2n) is 7.07. The Morgan fingerprint density at radius 3 is 2.74 bits per heavy atom. The van der Waals surface area contributed by atoms with Gasteiger partial charge in [-0.15, -0.1) is 0 Å². The van der Waals surface area contributed by atoms with Crippen LogP contribution in [-0.4, -0.2) is 82.7 Å². The molecule has 4 heterocycles. The maximum Gasteiger partial charge on any atom is 0.412 e. The average Bonchev–Trinajstić information content (AvgIpc) is 3.07. The van der Waals surface area contributed by atoms with E-state index >= 15 is 0 Å². The number of fused-ring (bicyclic) bond motifs is 1. The van der Waals surface area contributed by atoms with Gasteiger partial charge in [-0.1, -0.05) is 11.6 Å². The second-order valence-corrected chi connectivity index (χ2v) is 7.51. The molecular formula is C20H23ClN6O4. The summed E-state index contributed by atoms with van der Waals surface area (Å²) >= 11 is 5.93. The van der Waals surface area contributed by atoms with Crippen LogP contribution in [0.3, 0.4) is 0 Å². The molecule has 2 amide bonds. The van der Waals surface area contributed by atoms with E-state index in [4.69, 9.17) is 21.1 Å². The number of carbonyl (C=O) groups excluding carboxylic acids is 2. The normalized spacial score (nSPS) is 18.7. The van der Waals surface area contributed by atoms with E-state index < -0.39 is 18.2 Å². The molecule has 2 aliphatic rings. The van der Waals surface area contributed by atoms with Crippen molar-refractivity contribution in [2.75, 3.05) is 50.8 Å². The van der Waals surface area contributed by atoms with E-state index in [1.807, 2.05) is 6.92 Å². The summed E-state index contributed by atoms with van der Waals surface area (Å²) in [5.41, 5.74) is 0.412. The molecule has 2 aliphatic heterocycles. The van der Waals surface area contributed by atoms with Gasteiger partial charge in [-0.2, -0.15) is 0 Å². The molecule has 1 saturated heterocycles. The third-order valence-electron chi connectivity index (χ3n) is 5.22. The molecule has 0 saturated carbocycles. The zero-order chi connectivity index (χ0) is 21.8. The number of likely N-dealkylation sites (N-methyl/N-ethyl adjacent to an activating group) is 1. The third-order valence-corrected chi connectivity index (χ3v) is 5.44. The second kappa shape index (κ2) is 9.54. The molecule has 0 aliphatic carbocycles. The Bertz CT molecular complexity index is 938. The van der Waals surface area contributed by atoms with Crippen LogP contribution >= 0.6 is 11.6 Å². The van der Waals surface area contributed by atoms with Crippen molar-refractivity contribution in [1.29, 1.82) is 0 Å². The first-order valence-corrected chi connectivity index (χ1v) is 10.5. The predicted octanol–water partition coefficient (Wildman–Crippen LogP) is 1.97. The fraction of sp³-hybridized carbons (Fsp3) is 0.450. The Balaban J connectivity index is 1.52. The molecule has 0 N–H and O–H groups in total. The lowest BCUT2D eigenvalue weighted by molar-refractivity contribution is 0.0287. The number of amides is 2. The van der Waals surface area contributed by atoms with E-state index in [1.54, 1.807) is 17.0 Å². The van der Waals surface area contributed by atoms with Crippen molar-refractivity contribution in [1.82, 2.24) is 24.8 Å². The fourth-order valence-corrected chi connectivity index (χ4v) is 3.63. The van der Waals surface area contributed by atoms with Gasteiger partial charge < -0.3 is 14.4 Å². The first-order valence-electron chi connectivity index (χ1n) is 10.1. The van der Waals surface area contributed by atoms with Crippen molar-refractivity contribution in [3.05, 3.63) is 47.1 Å². The number of hydrogen-bond donors (Lipinski definition) is 0. The number of hydrogen-bond acceptors (Lipinski definition) is 8. The SMILES string of the molecule is CCN(CCN1CCOCC1)C(=O)O[C@H]1c2nccnc2C(=O)N1c1ccc(Cl)cn1. The van der Waals surface area contributed by atoms with Crippen LogP contribution in [-0.2, 0) is 9.47 Å². The monoisotopic (exact) mass is 446 g/mol. The number of rotatable bonds is 6. The van der Waals surface area contributed by atoms with E-state index in [-0.39, 0.29) is 11.4 Å². The summed E-state index contributed by atoms with van der Waals surface area (Å²) in [6.07, 6.45) is 2.71. The summed E-state index contributed by atoms with van der Waals surface area (Å²) in [4.78, 5) is 43.6. The lowest BCUT2D eigenvalue weighted by atomic mass is 10.3. The Hall–Kier alpha value is -2.82. The zero-order valence-corrected chi connectivity index (χ0v) is 17.9.